The Labute approximate surface area is 119 Å². The van der Waals surface area contributed by atoms with Crippen LogP contribution < -0.4 is 0 Å². The molecule has 1 N–H and O–H groups in total. The van der Waals surface area contributed by atoms with Gasteiger partial charge >= 0.3 is 5.97 Å². The van der Waals surface area contributed by atoms with Crippen LogP contribution in [-0.4, -0.2) is 16.9 Å². The van der Waals surface area contributed by atoms with Crippen LogP contribution in [0.5, 0.6) is 0 Å². The van der Waals surface area contributed by atoms with Gasteiger partial charge in [-0.3, -0.25) is 9.59 Å². The topological polar surface area (TPSA) is 54.4 Å². The maximum Gasteiger partial charge on any atom is 0.307 e. The first-order chi connectivity index (χ1) is 9.09. The number of hydrogen-bond donors (Lipinski definition) is 1. The van der Waals surface area contributed by atoms with Gasteiger partial charge in [0.2, 0.25) is 0 Å². The highest BCUT2D eigenvalue weighted by atomic mass is 79.9. The Bertz CT molecular complexity index is 635. The fourth-order valence-corrected chi connectivity index (χ4v) is 2.31. The van der Waals surface area contributed by atoms with Gasteiger partial charge in [0.25, 0.3) is 0 Å². The summed E-state index contributed by atoms with van der Waals surface area (Å²) in [4.78, 5) is 23.3. The first-order valence-electron chi connectivity index (χ1n) is 5.68. The van der Waals surface area contributed by atoms with Gasteiger partial charge < -0.3 is 5.11 Å². The number of carbonyl (C=O) groups excluding carboxylic acids is 1. The number of carboxylic acid groups (broad SMARTS) is 1. The van der Waals surface area contributed by atoms with Crippen LogP contribution in [0.3, 0.4) is 0 Å². The zero-order valence-corrected chi connectivity index (χ0v) is 11.6. The van der Waals surface area contributed by atoms with Gasteiger partial charge in [0.1, 0.15) is 0 Å². The second-order valence-electron chi connectivity index (χ2n) is 4.04. The minimum Gasteiger partial charge on any atom is -0.481 e. The molecule has 0 atom stereocenters. The van der Waals surface area contributed by atoms with Crippen molar-refractivity contribution in [1.82, 2.24) is 0 Å². The molecule has 0 saturated carbocycles. The lowest BCUT2D eigenvalue weighted by Gasteiger charge is -2.08. The molecular weight excluding hydrogens is 308 g/mol. The van der Waals surface area contributed by atoms with Crippen LogP contribution in [0.4, 0.5) is 0 Å². The highest BCUT2D eigenvalue weighted by Gasteiger charge is 2.16. The lowest BCUT2D eigenvalue weighted by atomic mass is 9.97. The summed E-state index contributed by atoms with van der Waals surface area (Å²) in [5.41, 5.74) is 1.48. The minimum absolute atomic E-state index is 0.160. The molecule has 0 radical (unpaired) electrons. The molecule has 0 aliphatic carbocycles. The Hall–Kier alpha value is -1.94. The van der Waals surface area contributed by atoms with Crippen molar-refractivity contribution in [2.75, 3.05) is 0 Å². The Morgan fingerprint density at radius 3 is 2.16 bits per heavy atom. The van der Waals surface area contributed by atoms with E-state index in [1.165, 1.54) is 0 Å². The number of halogens is 1. The molecule has 19 heavy (non-hydrogen) atoms. The molecule has 2 aromatic rings. The van der Waals surface area contributed by atoms with E-state index in [-0.39, 0.29) is 12.2 Å². The summed E-state index contributed by atoms with van der Waals surface area (Å²) in [6, 6.07) is 13.9. The number of benzene rings is 2. The maximum absolute atomic E-state index is 12.4. The number of rotatable bonds is 4. The van der Waals surface area contributed by atoms with Gasteiger partial charge in [-0.15, -0.1) is 0 Å². The summed E-state index contributed by atoms with van der Waals surface area (Å²) in [5, 5.41) is 8.88. The van der Waals surface area contributed by atoms with Crippen LogP contribution in [0.2, 0.25) is 0 Å². The van der Waals surface area contributed by atoms with Gasteiger partial charge in [-0.05, 0) is 17.7 Å². The molecule has 0 aliphatic heterocycles. The SMILES string of the molecule is O=C(O)Cc1ccccc1C(=O)c1ccccc1Br. The highest BCUT2D eigenvalue weighted by molar-refractivity contribution is 9.10. The predicted molar refractivity (Wildman–Crippen MR) is 75.4 cm³/mol. The molecular formula is C15H11BrO3. The van der Waals surface area contributed by atoms with E-state index in [1.54, 1.807) is 42.5 Å². The Morgan fingerprint density at radius 2 is 1.53 bits per heavy atom. The smallest absolute Gasteiger partial charge is 0.307 e. The lowest BCUT2D eigenvalue weighted by Crippen LogP contribution is -2.09. The van der Waals surface area contributed by atoms with Crippen molar-refractivity contribution in [1.29, 1.82) is 0 Å². The molecule has 0 aliphatic rings. The predicted octanol–water partition coefficient (Wildman–Crippen LogP) is 3.31. The van der Waals surface area contributed by atoms with Crippen LogP contribution >= 0.6 is 15.9 Å². The van der Waals surface area contributed by atoms with Crippen molar-refractivity contribution in [3.63, 3.8) is 0 Å². The monoisotopic (exact) mass is 318 g/mol. The lowest BCUT2D eigenvalue weighted by molar-refractivity contribution is -0.136. The normalized spacial score (nSPS) is 10.2. The number of carbonyl (C=O) groups is 2. The summed E-state index contributed by atoms with van der Waals surface area (Å²) < 4.78 is 0.699. The Morgan fingerprint density at radius 1 is 0.947 bits per heavy atom. The third kappa shape index (κ3) is 3.09. The van der Waals surface area contributed by atoms with Crippen LogP contribution in [0, 0.1) is 0 Å². The van der Waals surface area contributed by atoms with E-state index in [0.29, 0.717) is 21.2 Å². The van der Waals surface area contributed by atoms with E-state index < -0.39 is 5.97 Å². The van der Waals surface area contributed by atoms with E-state index >= 15 is 0 Å². The van der Waals surface area contributed by atoms with Crippen molar-refractivity contribution in [2.45, 2.75) is 6.42 Å². The van der Waals surface area contributed by atoms with Crippen molar-refractivity contribution in [2.24, 2.45) is 0 Å². The molecule has 0 bridgehead atoms. The third-order valence-electron chi connectivity index (χ3n) is 2.72. The number of ketones is 1. The van der Waals surface area contributed by atoms with Gasteiger partial charge in [-0.25, -0.2) is 0 Å². The molecule has 2 rings (SSSR count). The molecule has 0 fully saturated rings. The van der Waals surface area contributed by atoms with Gasteiger partial charge in [-0.1, -0.05) is 52.3 Å². The second-order valence-corrected chi connectivity index (χ2v) is 4.89. The zero-order valence-electron chi connectivity index (χ0n) is 9.97. The summed E-state index contributed by atoms with van der Waals surface area (Å²) in [5.74, 6) is -1.13. The average Bonchev–Trinajstić information content (AvgIpc) is 2.38. The first kappa shape index (κ1) is 13.5. The van der Waals surface area contributed by atoms with E-state index in [9.17, 15) is 9.59 Å². The molecule has 0 heterocycles. The van der Waals surface area contributed by atoms with E-state index in [1.807, 2.05) is 6.07 Å². The largest absolute Gasteiger partial charge is 0.481 e. The molecule has 3 nitrogen and oxygen atoms in total. The minimum atomic E-state index is -0.952. The molecule has 0 spiro atoms. The standard InChI is InChI=1S/C15H11BrO3/c16-13-8-4-3-7-12(13)15(19)11-6-2-1-5-10(11)9-14(17)18/h1-8H,9H2,(H,17,18). The highest BCUT2D eigenvalue weighted by Crippen LogP contribution is 2.21. The van der Waals surface area contributed by atoms with Crippen molar-refractivity contribution < 1.29 is 14.7 Å². The van der Waals surface area contributed by atoms with Crippen LogP contribution in [0.1, 0.15) is 21.5 Å². The molecule has 0 unspecified atom stereocenters. The van der Waals surface area contributed by atoms with Crippen LogP contribution in [-0.2, 0) is 11.2 Å². The molecule has 0 aromatic heterocycles. The van der Waals surface area contributed by atoms with Crippen molar-refractivity contribution >= 4 is 27.7 Å². The van der Waals surface area contributed by atoms with Crippen molar-refractivity contribution in [3.8, 4) is 0 Å². The van der Waals surface area contributed by atoms with E-state index in [0.717, 1.165) is 0 Å². The maximum atomic E-state index is 12.4. The van der Waals surface area contributed by atoms with E-state index in [4.69, 9.17) is 5.11 Å². The summed E-state index contributed by atoms with van der Waals surface area (Å²) in [6.45, 7) is 0. The summed E-state index contributed by atoms with van der Waals surface area (Å²) in [6.07, 6.45) is -0.160. The number of carboxylic acids is 1. The second kappa shape index (κ2) is 5.80. The summed E-state index contributed by atoms with van der Waals surface area (Å²) >= 11 is 3.33. The first-order valence-corrected chi connectivity index (χ1v) is 6.48. The number of aliphatic carboxylic acids is 1. The van der Waals surface area contributed by atoms with Gasteiger partial charge in [0, 0.05) is 15.6 Å². The fraction of sp³-hybridized carbons (Fsp3) is 0.0667. The average molecular weight is 319 g/mol. The van der Waals surface area contributed by atoms with Crippen LogP contribution in [0.25, 0.3) is 0 Å². The summed E-state index contributed by atoms with van der Waals surface area (Å²) in [7, 11) is 0. The molecule has 0 amide bonds. The Kier molecular flexibility index (Phi) is 4.12. The van der Waals surface area contributed by atoms with Crippen LogP contribution in [0.15, 0.2) is 53.0 Å². The third-order valence-corrected chi connectivity index (χ3v) is 3.41. The quantitative estimate of drug-likeness (QED) is 0.880. The number of hydrogen-bond acceptors (Lipinski definition) is 2. The zero-order chi connectivity index (χ0) is 13.8. The molecule has 0 saturated heterocycles. The molecule has 2 aromatic carbocycles. The van der Waals surface area contributed by atoms with E-state index in [2.05, 4.69) is 15.9 Å². The van der Waals surface area contributed by atoms with Gasteiger partial charge in [0.05, 0.1) is 6.42 Å². The molecule has 96 valence electrons. The van der Waals surface area contributed by atoms with Gasteiger partial charge in [0.15, 0.2) is 5.78 Å². The Balaban J connectivity index is 2.45. The molecule has 4 heteroatoms. The van der Waals surface area contributed by atoms with Gasteiger partial charge in [-0.2, -0.15) is 0 Å². The fourth-order valence-electron chi connectivity index (χ4n) is 1.85. The van der Waals surface area contributed by atoms with Crippen molar-refractivity contribution in [3.05, 3.63) is 69.7 Å².